The Balaban J connectivity index is 2.60. The number of carbonyl (C=O) groups is 1. The van der Waals surface area contributed by atoms with Crippen molar-refractivity contribution in [3.05, 3.63) is 0 Å². The van der Waals surface area contributed by atoms with Crippen LogP contribution in [0, 0.1) is 5.92 Å². The van der Waals surface area contributed by atoms with E-state index < -0.39 is 5.60 Å². The molecule has 0 aromatic heterocycles. The fourth-order valence-electron chi connectivity index (χ4n) is 1.57. The largest absolute Gasteiger partial charge is 0.453 e. The van der Waals surface area contributed by atoms with Crippen LogP contribution in [-0.2, 0) is 4.74 Å². The number of β-amino-alcohol motifs (C(OH)–C–C–N with tert-alkyl or cyclic N) is 1. The van der Waals surface area contributed by atoms with E-state index in [0.717, 1.165) is 6.42 Å². The lowest BCUT2D eigenvalue weighted by molar-refractivity contribution is -0.0516. The van der Waals surface area contributed by atoms with Gasteiger partial charge in [0, 0.05) is 6.54 Å². The molecule has 0 aromatic rings. The molecule has 0 saturated carbocycles. The van der Waals surface area contributed by atoms with Gasteiger partial charge in [0.1, 0.15) is 0 Å². The fraction of sp³-hybridized carbons (Fsp3) is 0.889. The van der Waals surface area contributed by atoms with Gasteiger partial charge in [0.2, 0.25) is 0 Å². The molecule has 0 bridgehead atoms. The van der Waals surface area contributed by atoms with Crippen LogP contribution in [0.25, 0.3) is 0 Å². The SMILES string of the molecule is COC(=O)N1CCC(C)C(C)(O)C1. The molecule has 13 heavy (non-hydrogen) atoms. The van der Waals surface area contributed by atoms with Crippen LogP contribution in [-0.4, -0.2) is 41.9 Å². The second-order valence-corrected chi connectivity index (χ2v) is 3.94. The van der Waals surface area contributed by atoms with E-state index in [4.69, 9.17) is 0 Å². The summed E-state index contributed by atoms with van der Waals surface area (Å²) in [5.74, 6) is 0.230. The molecule has 0 aromatic carbocycles. The van der Waals surface area contributed by atoms with Gasteiger partial charge in [0.15, 0.2) is 0 Å². The number of amides is 1. The molecule has 1 heterocycles. The van der Waals surface area contributed by atoms with Crippen molar-refractivity contribution in [2.75, 3.05) is 20.2 Å². The number of nitrogens with zero attached hydrogens (tertiary/aromatic N) is 1. The van der Waals surface area contributed by atoms with Gasteiger partial charge in [-0.3, -0.25) is 0 Å². The second kappa shape index (κ2) is 3.54. The Bertz CT molecular complexity index is 203. The van der Waals surface area contributed by atoms with Gasteiger partial charge in [-0.25, -0.2) is 4.79 Å². The summed E-state index contributed by atoms with van der Waals surface area (Å²) in [6.45, 7) is 4.78. The monoisotopic (exact) mass is 187 g/mol. The summed E-state index contributed by atoms with van der Waals surface area (Å²) in [5, 5.41) is 9.91. The number of rotatable bonds is 0. The number of hydrogen-bond donors (Lipinski definition) is 1. The highest BCUT2D eigenvalue weighted by atomic mass is 16.5. The van der Waals surface area contributed by atoms with E-state index in [1.807, 2.05) is 6.92 Å². The summed E-state index contributed by atoms with van der Waals surface area (Å²) in [6, 6.07) is 0. The third-order valence-corrected chi connectivity index (χ3v) is 2.84. The van der Waals surface area contributed by atoms with Crippen LogP contribution in [0.3, 0.4) is 0 Å². The van der Waals surface area contributed by atoms with Crippen molar-refractivity contribution in [3.63, 3.8) is 0 Å². The minimum atomic E-state index is -0.785. The normalized spacial score (nSPS) is 34.5. The average Bonchev–Trinajstić information content (AvgIpc) is 2.08. The lowest BCUT2D eigenvalue weighted by Gasteiger charge is -2.40. The van der Waals surface area contributed by atoms with Crippen molar-refractivity contribution in [2.24, 2.45) is 5.92 Å². The molecular weight excluding hydrogens is 170 g/mol. The number of carbonyl (C=O) groups excluding carboxylic acids is 1. The minimum absolute atomic E-state index is 0.230. The third-order valence-electron chi connectivity index (χ3n) is 2.84. The third kappa shape index (κ3) is 2.12. The molecule has 1 amide bonds. The first-order chi connectivity index (χ1) is 5.97. The maximum atomic E-state index is 11.2. The Labute approximate surface area is 78.5 Å². The molecule has 0 aliphatic carbocycles. The second-order valence-electron chi connectivity index (χ2n) is 3.94. The molecule has 4 nitrogen and oxygen atoms in total. The van der Waals surface area contributed by atoms with Crippen LogP contribution in [0.15, 0.2) is 0 Å². The van der Waals surface area contributed by atoms with Crippen molar-refractivity contribution in [1.29, 1.82) is 0 Å². The Morgan fingerprint density at radius 3 is 2.77 bits per heavy atom. The highest BCUT2D eigenvalue weighted by Crippen LogP contribution is 2.26. The number of hydrogen-bond acceptors (Lipinski definition) is 3. The molecule has 2 atom stereocenters. The zero-order valence-electron chi connectivity index (χ0n) is 8.41. The molecule has 1 saturated heterocycles. The zero-order chi connectivity index (χ0) is 10.1. The molecular formula is C9H17NO3. The van der Waals surface area contributed by atoms with Crippen molar-refractivity contribution in [2.45, 2.75) is 25.9 Å². The fourth-order valence-corrected chi connectivity index (χ4v) is 1.57. The Hall–Kier alpha value is -0.770. The lowest BCUT2D eigenvalue weighted by Crippen LogP contribution is -2.52. The number of aliphatic hydroxyl groups is 1. The zero-order valence-corrected chi connectivity index (χ0v) is 8.41. The van der Waals surface area contributed by atoms with Gasteiger partial charge in [-0.15, -0.1) is 0 Å². The van der Waals surface area contributed by atoms with Gasteiger partial charge in [0.05, 0.1) is 19.3 Å². The van der Waals surface area contributed by atoms with E-state index in [2.05, 4.69) is 4.74 Å². The summed E-state index contributed by atoms with van der Waals surface area (Å²) >= 11 is 0. The van der Waals surface area contributed by atoms with Crippen molar-refractivity contribution >= 4 is 6.09 Å². The van der Waals surface area contributed by atoms with Gasteiger partial charge < -0.3 is 14.7 Å². The molecule has 76 valence electrons. The summed E-state index contributed by atoms with van der Waals surface area (Å²) in [7, 11) is 1.36. The van der Waals surface area contributed by atoms with Gasteiger partial charge in [-0.05, 0) is 19.3 Å². The highest BCUT2D eigenvalue weighted by Gasteiger charge is 2.37. The van der Waals surface area contributed by atoms with Crippen LogP contribution >= 0.6 is 0 Å². The Kier molecular flexibility index (Phi) is 2.81. The minimum Gasteiger partial charge on any atom is -0.453 e. The average molecular weight is 187 g/mol. The number of methoxy groups -OCH3 is 1. The summed E-state index contributed by atoms with van der Waals surface area (Å²) < 4.78 is 4.59. The van der Waals surface area contributed by atoms with E-state index in [1.54, 1.807) is 11.8 Å². The molecule has 0 radical (unpaired) electrons. The summed E-state index contributed by atoms with van der Waals surface area (Å²) in [4.78, 5) is 12.7. The van der Waals surface area contributed by atoms with Crippen molar-refractivity contribution in [3.8, 4) is 0 Å². The van der Waals surface area contributed by atoms with E-state index in [1.165, 1.54) is 7.11 Å². The Morgan fingerprint density at radius 1 is 1.69 bits per heavy atom. The molecule has 1 N–H and O–H groups in total. The van der Waals surface area contributed by atoms with E-state index in [0.29, 0.717) is 13.1 Å². The first-order valence-corrected chi connectivity index (χ1v) is 4.52. The summed E-state index contributed by atoms with van der Waals surface area (Å²) in [5.41, 5.74) is -0.785. The van der Waals surface area contributed by atoms with Gasteiger partial charge in [0.25, 0.3) is 0 Å². The molecule has 4 heteroatoms. The van der Waals surface area contributed by atoms with E-state index in [-0.39, 0.29) is 12.0 Å². The predicted molar refractivity (Wildman–Crippen MR) is 48.4 cm³/mol. The van der Waals surface area contributed by atoms with Crippen LogP contribution in [0.5, 0.6) is 0 Å². The molecule has 1 rings (SSSR count). The first kappa shape index (κ1) is 10.3. The topological polar surface area (TPSA) is 49.8 Å². The van der Waals surface area contributed by atoms with Crippen LogP contribution in [0.1, 0.15) is 20.3 Å². The molecule has 0 spiro atoms. The Morgan fingerprint density at radius 2 is 2.31 bits per heavy atom. The maximum absolute atomic E-state index is 11.2. The molecule has 1 aliphatic heterocycles. The van der Waals surface area contributed by atoms with Crippen LogP contribution < -0.4 is 0 Å². The lowest BCUT2D eigenvalue weighted by atomic mass is 9.84. The van der Waals surface area contributed by atoms with Crippen molar-refractivity contribution in [1.82, 2.24) is 4.90 Å². The van der Waals surface area contributed by atoms with Gasteiger partial charge >= 0.3 is 6.09 Å². The van der Waals surface area contributed by atoms with Gasteiger partial charge in [-0.1, -0.05) is 6.92 Å². The predicted octanol–water partition coefficient (Wildman–Crippen LogP) is 0.846. The maximum Gasteiger partial charge on any atom is 0.409 e. The highest BCUT2D eigenvalue weighted by molar-refractivity contribution is 5.67. The van der Waals surface area contributed by atoms with Gasteiger partial charge in [-0.2, -0.15) is 0 Å². The van der Waals surface area contributed by atoms with E-state index in [9.17, 15) is 9.90 Å². The number of ether oxygens (including phenoxy) is 1. The van der Waals surface area contributed by atoms with Crippen LogP contribution in [0.2, 0.25) is 0 Å². The molecule has 2 unspecified atom stereocenters. The number of likely N-dealkylation sites (tertiary alicyclic amines) is 1. The first-order valence-electron chi connectivity index (χ1n) is 4.52. The standard InChI is InChI=1S/C9H17NO3/c1-7-4-5-10(8(11)13-3)6-9(7,2)12/h7,12H,4-6H2,1-3H3. The summed E-state index contributed by atoms with van der Waals surface area (Å²) in [6.07, 6.45) is 0.467. The smallest absolute Gasteiger partial charge is 0.409 e. The molecule has 1 aliphatic rings. The van der Waals surface area contributed by atoms with E-state index >= 15 is 0 Å². The number of piperidine rings is 1. The van der Waals surface area contributed by atoms with Crippen molar-refractivity contribution < 1.29 is 14.6 Å². The molecule has 1 fully saturated rings. The quantitative estimate of drug-likeness (QED) is 0.611. The van der Waals surface area contributed by atoms with Crippen LogP contribution in [0.4, 0.5) is 4.79 Å².